The van der Waals surface area contributed by atoms with Gasteiger partial charge in [-0.2, -0.15) is 0 Å². The minimum atomic E-state index is -1.09. The van der Waals surface area contributed by atoms with Gasteiger partial charge < -0.3 is 15.7 Å². The van der Waals surface area contributed by atoms with Gasteiger partial charge in [-0.25, -0.2) is 0 Å². The highest BCUT2D eigenvalue weighted by Crippen LogP contribution is 2.17. The molecule has 5 nitrogen and oxygen atoms in total. The van der Waals surface area contributed by atoms with Crippen LogP contribution in [0.5, 0.6) is 0 Å². The number of carboxylic acids is 1. The van der Waals surface area contributed by atoms with Crippen LogP contribution in [0.2, 0.25) is 5.02 Å². The fourth-order valence-electron chi connectivity index (χ4n) is 1.69. The number of hydrogen-bond acceptors (Lipinski definition) is 3. The SMILES string of the molecule is CCN(Cc1ccccc1Cl)C(=O)C(N)CC(=O)O. The van der Waals surface area contributed by atoms with E-state index >= 15 is 0 Å². The molecule has 0 aliphatic rings. The number of carboxylic acid groups (broad SMARTS) is 1. The highest BCUT2D eigenvalue weighted by atomic mass is 35.5. The molecule has 0 saturated heterocycles. The summed E-state index contributed by atoms with van der Waals surface area (Å²) in [5, 5.41) is 9.22. The van der Waals surface area contributed by atoms with Gasteiger partial charge in [0, 0.05) is 18.1 Å². The number of rotatable bonds is 6. The topological polar surface area (TPSA) is 83.6 Å². The van der Waals surface area contributed by atoms with Crippen LogP contribution < -0.4 is 5.73 Å². The van der Waals surface area contributed by atoms with Crippen molar-refractivity contribution in [3.05, 3.63) is 34.9 Å². The highest BCUT2D eigenvalue weighted by molar-refractivity contribution is 6.31. The third-order valence-corrected chi connectivity index (χ3v) is 3.09. The van der Waals surface area contributed by atoms with Crippen molar-refractivity contribution in [2.75, 3.05) is 6.54 Å². The number of aliphatic carboxylic acids is 1. The van der Waals surface area contributed by atoms with Crippen LogP contribution in [0.3, 0.4) is 0 Å². The standard InChI is InChI=1S/C13H17ClN2O3/c1-2-16(13(19)11(15)7-12(17)18)8-9-5-3-4-6-10(9)14/h3-6,11H,2,7-8,15H2,1H3,(H,17,18). The fraction of sp³-hybridized carbons (Fsp3) is 0.385. The molecular weight excluding hydrogens is 268 g/mol. The van der Waals surface area contributed by atoms with Crippen molar-refractivity contribution in [3.63, 3.8) is 0 Å². The molecule has 0 aromatic heterocycles. The third kappa shape index (κ3) is 4.54. The largest absolute Gasteiger partial charge is 0.481 e. The first kappa shape index (κ1) is 15.5. The van der Waals surface area contributed by atoms with Gasteiger partial charge in [0.2, 0.25) is 5.91 Å². The minimum Gasteiger partial charge on any atom is -0.481 e. The van der Waals surface area contributed by atoms with Crippen LogP contribution in [-0.4, -0.2) is 34.5 Å². The summed E-state index contributed by atoms with van der Waals surface area (Å²) in [6.45, 7) is 2.57. The van der Waals surface area contributed by atoms with E-state index < -0.39 is 12.0 Å². The van der Waals surface area contributed by atoms with Gasteiger partial charge in [-0.3, -0.25) is 9.59 Å². The quantitative estimate of drug-likeness (QED) is 0.829. The minimum absolute atomic E-state index is 0.322. The number of likely N-dealkylation sites (N-methyl/N-ethyl adjacent to an activating group) is 1. The molecule has 1 atom stereocenters. The second-order valence-electron chi connectivity index (χ2n) is 4.15. The predicted molar refractivity (Wildman–Crippen MR) is 72.8 cm³/mol. The number of carbonyl (C=O) groups is 2. The number of halogens is 1. The van der Waals surface area contributed by atoms with E-state index in [2.05, 4.69) is 0 Å². The van der Waals surface area contributed by atoms with Gasteiger partial charge in [-0.15, -0.1) is 0 Å². The lowest BCUT2D eigenvalue weighted by Crippen LogP contribution is -2.44. The number of benzene rings is 1. The molecule has 3 N–H and O–H groups in total. The number of hydrogen-bond donors (Lipinski definition) is 2. The van der Waals surface area contributed by atoms with Crippen molar-refractivity contribution in [3.8, 4) is 0 Å². The summed E-state index contributed by atoms with van der Waals surface area (Å²) < 4.78 is 0. The molecule has 0 aliphatic carbocycles. The van der Waals surface area contributed by atoms with Crippen LogP contribution in [0.15, 0.2) is 24.3 Å². The molecular formula is C13H17ClN2O3. The van der Waals surface area contributed by atoms with Crippen molar-refractivity contribution in [2.24, 2.45) is 5.73 Å². The van der Waals surface area contributed by atoms with Crippen molar-refractivity contribution in [1.82, 2.24) is 4.90 Å². The number of nitrogens with two attached hydrogens (primary N) is 1. The van der Waals surface area contributed by atoms with Crippen LogP contribution in [0.1, 0.15) is 18.9 Å². The Morgan fingerprint density at radius 3 is 2.58 bits per heavy atom. The van der Waals surface area contributed by atoms with Crippen LogP contribution >= 0.6 is 11.6 Å². The second kappa shape index (κ2) is 7.11. The van der Waals surface area contributed by atoms with E-state index in [1.165, 1.54) is 4.90 Å². The monoisotopic (exact) mass is 284 g/mol. The smallest absolute Gasteiger partial charge is 0.305 e. The molecule has 104 valence electrons. The van der Waals surface area contributed by atoms with Crippen molar-refractivity contribution in [2.45, 2.75) is 25.9 Å². The molecule has 0 saturated carbocycles. The first-order valence-corrected chi connectivity index (χ1v) is 6.33. The average Bonchev–Trinajstić information content (AvgIpc) is 2.36. The van der Waals surface area contributed by atoms with Crippen molar-refractivity contribution >= 4 is 23.5 Å². The zero-order chi connectivity index (χ0) is 14.4. The first-order valence-electron chi connectivity index (χ1n) is 5.95. The van der Waals surface area contributed by atoms with E-state index in [-0.39, 0.29) is 12.3 Å². The lowest BCUT2D eigenvalue weighted by molar-refractivity contribution is -0.142. The highest BCUT2D eigenvalue weighted by Gasteiger charge is 2.22. The Kier molecular flexibility index (Phi) is 5.79. The number of carbonyl (C=O) groups excluding carboxylic acids is 1. The number of amides is 1. The zero-order valence-electron chi connectivity index (χ0n) is 10.7. The maximum atomic E-state index is 12.0. The second-order valence-corrected chi connectivity index (χ2v) is 4.56. The Morgan fingerprint density at radius 1 is 1.42 bits per heavy atom. The number of nitrogens with zero attached hydrogens (tertiary/aromatic N) is 1. The normalized spacial score (nSPS) is 11.9. The van der Waals surface area contributed by atoms with Gasteiger partial charge in [0.05, 0.1) is 12.5 Å². The first-order chi connectivity index (χ1) is 8.95. The Labute approximate surface area is 117 Å². The Morgan fingerprint density at radius 2 is 2.05 bits per heavy atom. The Balaban J connectivity index is 2.75. The van der Waals surface area contributed by atoms with Crippen molar-refractivity contribution < 1.29 is 14.7 Å². The molecule has 0 radical (unpaired) electrons. The summed E-state index contributed by atoms with van der Waals surface area (Å²) in [7, 11) is 0. The predicted octanol–water partition coefficient (Wildman–Crippen LogP) is 1.49. The lowest BCUT2D eigenvalue weighted by atomic mass is 10.1. The third-order valence-electron chi connectivity index (χ3n) is 2.72. The maximum Gasteiger partial charge on any atom is 0.305 e. The van der Waals surface area contributed by atoms with E-state index in [1.54, 1.807) is 12.1 Å². The Bertz CT molecular complexity index is 465. The fourth-order valence-corrected chi connectivity index (χ4v) is 1.88. The van der Waals surface area contributed by atoms with Gasteiger partial charge in [-0.1, -0.05) is 29.8 Å². The van der Waals surface area contributed by atoms with Gasteiger partial charge in [-0.05, 0) is 18.6 Å². The van der Waals surface area contributed by atoms with Gasteiger partial charge in [0.1, 0.15) is 0 Å². The van der Waals surface area contributed by atoms with Crippen molar-refractivity contribution in [1.29, 1.82) is 0 Å². The van der Waals surface area contributed by atoms with Crippen LogP contribution in [0.25, 0.3) is 0 Å². The maximum absolute atomic E-state index is 12.0. The molecule has 0 bridgehead atoms. The Hall–Kier alpha value is -1.59. The molecule has 1 rings (SSSR count). The van der Waals surface area contributed by atoms with Crippen LogP contribution in [0.4, 0.5) is 0 Å². The molecule has 6 heteroatoms. The molecule has 1 aromatic carbocycles. The van der Waals surface area contributed by atoms with E-state index in [4.69, 9.17) is 22.4 Å². The van der Waals surface area contributed by atoms with Crippen LogP contribution in [-0.2, 0) is 16.1 Å². The van der Waals surface area contributed by atoms with Gasteiger partial charge in [0.15, 0.2) is 0 Å². The molecule has 0 aliphatic heterocycles. The molecule has 1 amide bonds. The lowest BCUT2D eigenvalue weighted by Gasteiger charge is -2.24. The molecule has 0 spiro atoms. The summed E-state index contributed by atoms with van der Waals surface area (Å²) in [4.78, 5) is 24.1. The summed E-state index contributed by atoms with van der Waals surface area (Å²) in [5.41, 5.74) is 6.39. The van der Waals surface area contributed by atoms with Gasteiger partial charge in [0.25, 0.3) is 0 Å². The van der Waals surface area contributed by atoms with Gasteiger partial charge >= 0.3 is 5.97 Å². The van der Waals surface area contributed by atoms with Crippen LogP contribution in [0, 0.1) is 0 Å². The molecule has 0 heterocycles. The van der Waals surface area contributed by atoms with E-state index in [0.29, 0.717) is 18.1 Å². The molecule has 0 fully saturated rings. The van der Waals surface area contributed by atoms with E-state index in [0.717, 1.165) is 5.56 Å². The molecule has 19 heavy (non-hydrogen) atoms. The molecule has 1 unspecified atom stereocenters. The van der Waals surface area contributed by atoms with E-state index in [9.17, 15) is 9.59 Å². The molecule has 1 aromatic rings. The zero-order valence-corrected chi connectivity index (χ0v) is 11.4. The summed E-state index contributed by atoms with van der Waals surface area (Å²) in [5.74, 6) is -1.47. The van der Waals surface area contributed by atoms with E-state index in [1.807, 2.05) is 19.1 Å². The summed E-state index contributed by atoms with van der Waals surface area (Å²) in [6.07, 6.45) is -0.377. The average molecular weight is 285 g/mol. The summed E-state index contributed by atoms with van der Waals surface area (Å²) >= 11 is 6.03. The summed E-state index contributed by atoms with van der Waals surface area (Å²) in [6, 6.07) is 6.17.